The van der Waals surface area contributed by atoms with Crippen molar-refractivity contribution in [1.29, 1.82) is 0 Å². The molecule has 0 amide bonds. The molecule has 2 unspecified atom stereocenters. The molecule has 0 aliphatic heterocycles. The van der Waals surface area contributed by atoms with Gasteiger partial charge in [-0.1, -0.05) is 34.1 Å². The molecule has 0 heterocycles. The Kier molecular flexibility index (Phi) is 5.19. The van der Waals surface area contributed by atoms with E-state index in [1.165, 1.54) is 12.1 Å². The molecular weight excluding hydrogens is 260 g/mol. The second kappa shape index (κ2) is 6.45. The van der Waals surface area contributed by atoms with Crippen LogP contribution in [-0.2, 0) is 0 Å². The van der Waals surface area contributed by atoms with Gasteiger partial charge in [0.05, 0.1) is 15.9 Å². The Hall–Kier alpha value is -1.98. The first-order valence-corrected chi connectivity index (χ1v) is 6.72. The van der Waals surface area contributed by atoms with Gasteiger partial charge in [-0.2, -0.15) is 0 Å². The van der Waals surface area contributed by atoms with E-state index in [0.717, 1.165) is 12.5 Å². The molecule has 0 saturated carbocycles. The molecule has 6 nitrogen and oxygen atoms in total. The van der Waals surface area contributed by atoms with E-state index in [0.29, 0.717) is 5.56 Å². The van der Waals surface area contributed by atoms with Crippen LogP contribution in [0.3, 0.4) is 0 Å². The minimum absolute atomic E-state index is 0.0150. The summed E-state index contributed by atoms with van der Waals surface area (Å²) in [4.78, 5) is 20.8. The highest BCUT2D eigenvalue weighted by molar-refractivity contribution is 5.51. The molecule has 0 N–H and O–H groups in total. The summed E-state index contributed by atoms with van der Waals surface area (Å²) in [6.45, 7) is 8.12. The number of hydrogen-bond acceptors (Lipinski definition) is 4. The summed E-state index contributed by atoms with van der Waals surface area (Å²) in [6, 6.07) is 3.94. The third-order valence-corrected chi connectivity index (χ3v) is 3.76. The van der Waals surface area contributed by atoms with Gasteiger partial charge in [-0.25, -0.2) is 0 Å². The van der Waals surface area contributed by atoms with Crippen molar-refractivity contribution in [2.45, 2.75) is 40.0 Å². The van der Waals surface area contributed by atoms with Gasteiger partial charge in [-0.05, 0) is 23.8 Å². The number of rotatable bonds is 6. The Morgan fingerprint density at radius 2 is 1.70 bits per heavy atom. The Morgan fingerprint density at radius 1 is 1.10 bits per heavy atom. The number of nitrogens with zero attached hydrogens (tertiary/aromatic N) is 2. The Labute approximate surface area is 118 Å². The second-order valence-electron chi connectivity index (χ2n) is 5.41. The van der Waals surface area contributed by atoms with Crippen molar-refractivity contribution < 1.29 is 9.85 Å². The van der Waals surface area contributed by atoms with Gasteiger partial charge in [0.25, 0.3) is 11.4 Å². The molecule has 0 aliphatic carbocycles. The highest BCUT2D eigenvalue weighted by Gasteiger charge is 2.30. The van der Waals surface area contributed by atoms with Crippen molar-refractivity contribution in [2.24, 2.45) is 11.8 Å². The highest BCUT2D eigenvalue weighted by atomic mass is 16.6. The molecule has 0 spiro atoms. The maximum absolute atomic E-state index is 11.2. The predicted molar refractivity (Wildman–Crippen MR) is 76.8 cm³/mol. The van der Waals surface area contributed by atoms with Crippen molar-refractivity contribution in [1.82, 2.24) is 0 Å². The smallest absolute Gasteiger partial charge is 0.258 e. The van der Waals surface area contributed by atoms with E-state index in [1.54, 1.807) is 0 Å². The summed E-state index contributed by atoms with van der Waals surface area (Å²) in [7, 11) is 0. The maximum atomic E-state index is 11.2. The summed E-state index contributed by atoms with van der Waals surface area (Å²) < 4.78 is 0. The Morgan fingerprint density at radius 3 is 2.10 bits per heavy atom. The summed E-state index contributed by atoms with van der Waals surface area (Å²) >= 11 is 0. The fourth-order valence-electron chi connectivity index (χ4n) is 2.66. The molecule has 1 aromatic rings. The van der Waals surface area contributed by atoms with Crippen LogP contribution in [0.15, 0.2) is 18.2 Å². The van der Waals surface area contributed by atoms with Gasteiger partial charge in [-0.3, -0.25) is 20.2 Å². The molecule has 2 atom stereocenters. The molecule has 0 aliphatic rings. The molecule has 1 aromatic carbocycles. The first-order chi connectivity index (χ1) is 9.29. The summed E-state index contributed by atoms with van der Waals surface area (Å²) in [5.74, 6) is 0.515. The lowest BCUT2D eigenvalue weighted by Gasteiger charge is -2.26. The van der Waals surface area contributed by atoms with Crippen molar-refractivity contribution in [3.05, 3.63) is 44.0 Å². The number of hydrogen-bond donors (Lipinski definition) is 0. The van der Waals surface area contributed by atoms with Crippen LogP contribution in [-0.4, -0.2) is 9.85 Å². The minimum Gasteiger partial charge on any atom is -0.258 e. The van der Waals surface area contributed by atoms with Crippen LogP contribution < -0.4 is 0 Å². The molecule has 0 bridgehead atoms. The zero-order valence-electron chi connectivity index (χ0n) is 12.2. The van der Waals surface area contributed by atoms with Crippen LogP contribution in [0.5, 0.6) is 0 Å². The number of non-ortho nitro benzene ring substituents is 1. The van der Waals surface area contributed by atoms with Gasteiger partial charge in [0.15, 0.2) is 0 Å². The van der Waals surface area contributed by atoms with Gasteiger partial charge >= 0.3 is 0 Å². The monoisotopic (exact) mass is 280 g/mol. The van der Waals surface area contributed by atoms with Crippen LogP contribution in [0.2, 0.25) is 0 Å². The van der Waals surface area contributed by atoms with Gasteiger partial charge < -0.3 is 0 Å². The lowest BCUT2D eigenvalue weighted by Crippen LogP contribution is -2.17. The first-order valence-electron chi connectivity index (χ1n) is 6.72. The van der Waals surface area contributed by atoms with Crippen molar-refractivity contribution in [2.75, 3.05) is 0 Å². The van der Waals surface area contributed by atoms with Gasteiger partial charge in [0, 0.05) is 11.6 Å². The Bertz CT molecular complexity index is 514. The predicted octanol–water partition coefficient (Wildman–Crippen LogP) is 4.29. The van der Waals surface area contributed by atoms with Crippen LogP contribution in [0.25, 0.3) is 0 Å². The Balaban J connectivity index is 3.41. The third-order valence-electron chi connectivity index (χ3n) is 3.76. The van der Waals surface area contributed by atoms with E-state index in [2.05, 4.69) is 6.92 Å². The van der Waals surface area contributed by atoms with E-state index < -0.39 is 9.85 Å². The highest BCUT2D eigenvalue weighted by Crippen LogP contribution is 2.39. The van der Waals surface area contributed by atoms with E-state index in [4.69, 9.17) is 0 Å². The fourth-order valence-corrected chi connectivity index (χ4v) is 2.66. The van der Waals surface area contributed by atoms with E-state index in [9.17, 15) is 20.2 Å². The molecule has 20 heavy (non-hydrogen) atoms. The average Bonchev–Trinajstić information content (AvgIpc) is 2.38. The number of nitro groups is 2. The number of benzene rings is 1. The topological polar surface area (TPSA) is 86.3 Å². The van der Waals surface area contributed by atoms with Crippen LogP contribution in [0.1, 0.15) is 45.6 Å². The minimum atomic E-state index is -0.607. The van der Waals surface area contributed by atoms with Crippen molar-refractivity contribution in [3.63, 3.8) is 0 Å². The SMILES string of the molecule is CCC(C)C(c1ccc([N+](=O)[O-])cc1[N+](=O)[O-])C(C)C. The van der Waals surface area contributed by atoms with Crippen molar-refractivity contribution >= 4 is 11.4 Å². The summed E-state index contributed by atoms with van der Waals surface area (Å²) in [5.41, 5.74) is 0.190. The second-order valence-corrected chi connectivity index (χ2v) is 5.41. The molecule has 1 rings (SSSR count). The fraction of sp³-hybridized carbons (Fsp3) is 0.571. The third kappa shape index (κ3) is 3.31. The van der Waals surface area contributed by atoms with E-state index in [1.807, 2.05) is 20.8 Å². The lowest BCUT2D eigenvalue weighted by molar-refractivity contribution is -0.394. The molecule has 0 saturated heterocycles. The van der Waals surface area contributed by atoms with Crippen LogP contribution in [0, 0.1) is 32.1 Å². The molecule has 6 heteroatoms. The first kappa shape index (κ1) is 16.1. The van der Waals surface area contributed by atoms with Gasteiger partial charge in [-0.15, -0.1) is 0 Å². The van der Waals surface area contributed by atoms with Crippen LogP contribution in [0.4, 0.5) is 11.4 Å². The summed E-state index contributed by atoms with van der Waals surface area (Å²) in [5, 5.41) is 22.0. The van der Waals surface area contributed by atoms with E-state index in [-0.39, 0.29) is 29.1 Å². The molecule has 110 valence electrons. The zero-order chi connectivity index (χ0) is 15.4. The molecule has 0 radical (unpaired) electrons. The largest absolute Gasteiger partial charge is 0.279 e. The average molecular weight is 280 g/mol. The lowest BCUT2D eigenvalue weighted by atomic mass is 9.77. The summed E-state index contributed by atoms with van der Waals surface area (Å²) in [6.07, 6.45) is 0.900. The standard InChI is InChI=1S/C14H20N2O4/c1-5-10(4)14(9(2)3)12-7-6-11(15(17)18)8-13(12)16(19)20/h6-10,14H,5H2,1-4H3. The normalized spacial score (nSPS) is 14.1. The maximum Gasteiger partial charge on any atom is 0.279 e. The molecular formula is C14H20N2O4. The van der Waals surface area contributed by atoms with Gasteiger partial charge in [0.1, 0.15) is 0 Å². The molecule has 0 fully saturated rings. The van der Waals surface area contributed by atoms with E-state index >= 15 is 0 Å². The van der Waals surface area contributed by atoms with Crippen LogP contribution >= 0.6 is 0 Å². The quantitative estimate of drug-likeness (QED) is 0.574. The van der Waals surface area contributed by atoms with Gasteiger partial charge in [0.2, 0.25) is 0 Å². The number of nitro benzene ring substituents is 2. The van der Waals surface area contributed by atoms with Crippen molar-refractivity contribution in [3.8, 4) is 0 Å². The molecule has 0 aromatic heterocycles. The zero-order valence-corrected chi connectivity index (χ0v) is 12.2.